The van der Waals surface area contributed by atoms with Gasteiger partial charge in [0.25, 0.3) is 0 Å². The summed E-state index contributed by atoms with van der Waals surface area (Å²) in [5, 5.41) is 10.6. The van der Waals surface area contributed by atoms with Crippen LogP contribution in [0.2, 0.25) is 0 Å². The molecule has 0 unspecified atom stereocenters. The molecule has 0 spiro atoms. The standard InChI is InChI=1S/C23H17F3N2O3/c1-2-31-23(30)18(13-28-21-6-4-16(24)12-20(21)26)22(29)17-5-3-15(11-19(17)25)14-7-9-27-10-8-14/h3-13,29H,2H2,1H3/b22-18+,28-13?. The number of aliphatic hydroxyl groups excluding tert-OH is 1. The Labute approximate surface area is 176 Å². The number of nitrogens with zero attached hydrogens (tertiary/aromatic N) is 2. The van der Waals surface area contributed by atoms with Gasteiger partial charge in [0.1, 0.15) is 23.0 Å². The molecule has 0 saturated heterocycles. The molecule has 0 fully saturated rings. The molecule has 1 aromatic heterocycles. The molecule has 0 aliphatic carbocycles. The van der Waals surface area contributed by atoms with E-state index in [9.17, 15) is 23.1 Å². The Morgan fingerprint density at radius 1 is 1.03 bits per heavy atom. The number of halogens is 3. The lowest BCUT2D eigenvalue weighted by molar-refractivity contribution is -0.137. The molecule has 0 saturated carbocycles. The van der Waals surface area contributed by atoms with Crippen molar-refractivity contribution in [3.63, 3.8) is 0 Å². The highest BCUT2D eigenvalue weighted by Crippen LogP contribution is 2.26. The zero-order valence-electron chi connectivity index (χ0n) is 16.3. The number of hydrogen-bond acceptors (Lipinski definition) is 5. The highest BCUT2D eigenvalue weighted by atomic mass is 19.1. The third kappa shape index (κ3) is 5.16. The van der Waals surface area contributed by atoms with Gasteiger partial charge in [0, 0.05) is 24.7 Å². The largest absolute Gasteiger partial charge is 0.506 e. The molecule has 158 valence electrons. The quantitative estimate of drug-likeness (QED) is 0.248. The van der Waals surface area contributed by atoms with Crippen molar-refractivity contribution in [2.75, 3.05) is 6.61 Å². The molecule has 31 heavy (non-hydrogen) atoms. The number of carbonyl (C=O) groups is 1. The van der Waals surface area contributed by atoms with E-state index in [4.69, 9.17) is 4.74 Å². The molecule has 0 aliphatic rings. The summed E-state index contributed by atoms with van der Waals surface area (Å²) in [6, 6.07) is 10.1. The lowest BCUT2D eigenvalue weighted by atomic mass is 10.0. The third-order valence-electron chi connectivity index (χ3n) is 4.23. The zero-order valence-corrected chi connectivity index (χ0v) is 16.3. The van der Waals surface area contributed by atoms with E-state index in [1.165, 1.54) is 12.1 Å². The van der Waals surface area contributed by atoms with Gasteiger partial charge in [0.2, 0.25) is 0 Å². The van der Waals surface area contributed by atoms with E-state index in [2.05, 4.69) is 9.98 Å². The lowest BCUT2D eigenvalue weighted by Crippen LogP contribution is -2.12. The van der Waals surface area contributed by atoms with Crippen LogP contribution in [-0.4, -0.2) is 28.9 Å². The summed E-state index contributed by atoms with van der Waals surface area (Å²) in [5.74, 6) is -4.27. The molecule has 0 bridgehead atoms. The molecule has 1 heterocycles. The molecule has 0 amide bonds. The predicted molar refractivity (Wildman–Crippen MR) is 110 cm³/mol. The smallest absolute Gasteiger partial charge is 0.343 e. The number of benzene rings is 2. The van der Waals surface area contributed by atoms with Crippen molar-refractivity contribution in [2.45, 2.75) is 6.92 Å². The fraction of sp³-hybridized carbons (Fsp3) is 0.0870. The van der Waals surface area contributed by atoms with Crippen molar-refractivity contribution < 1.29 is 27.8 Å². The molecule has 8 heteroatoms. The highest BCUT2D eigenvalue weighted by molar-refractivity contribution is 6.15. The average Bonchev–Trinajstić information content (AvgIpc) is 2.75. The minimum Gasteiger partial charge on any atom is -0.506 e. The maximum Gasteiger partial charge on any atom is 0.343 e. The second-order valence-electron chi connectivity index (χ2n) is 6.27. The molecule has 0 aliphatic heterocycles. The molecular weight excluding hydrogens is 409 g/mol. The first-order chi connectivity index (χ1) is 14.9. The van der Waals surface area contributed by atoms with Crippen LogP contribution in [0.1, 0.15) is 12.5 Å². The summed E-state index contributed by atoms with van der Waals surface area (Å²) in [7, 11) is 0. The molecule has 0 atom stereocenters. The molecule has 3 rings (SSSR count). The van der Waals surface area contributed by atoms with Crippen molar-refractivity contribution in [1.29, 1.82) is 0 Å². The Hall–Kier alpha value is -3.94. The third-order valence-corrected chi connectivity index (χ3v) is 4.23. The van der Waals surface area contributed by atoms with Crippen LogP contribution in [-0.2, 0) is 9.53 Å². The van der Waals surface area contributed by atoms with E-state index in [0.29, 0.717) is 17.2 Å². The number of ether oxygens (including phenoxy) is 1. The number of hydrogen-bond donors (Lipinski definition) is 1. The van der Waals surface area contributed by atoms with Gasteiger partial charge >= 0.3 is 5.97 Å². The number of aliphatic hydroxyl groups is 1. The Balaban J connectivity index is 2.03. The van der Waals surface area contributed by atoms with Crippen molar-refractivity contribution in [2.24, 2.45) is 4.99 Å². The van der Waals surface area contributed by atoms with Crippen LogP contribution in [0, 0.1) is 17.5 Å². The van der Waals surface area contributed by atoms with Crippen molar-refractivity contribution >= 4 is 23.6 Å². The fourth-order valence-corrected chi connectivity index (χ4v) is 2.72. The maximum absolute atomic E-state index is 14.8. The topological polar surface area (TPSA) is 71.8 Å². The number of carbonyl (C=O) groups excluding carboxylic acids is 1. The second-order valence-corrected chi connectivity index (χ2v) is 6.27. The van der Waals surface area contributed by atoms with Crippen molar-refractivity contribution in [1.82, 2.24) is 4.98 Å². The molecule has 3 aromatic rings. The first kappa shape index (κ1) is 21.8. The summed E-state index contributed by atoms with van der Waals surface area (Å²) in [4.78, 5) is 20.0. The van der Waals surface area contributed by atoms with E-state index in [-0.39, 0.29) is 17.9 Å². The van der Waals surface area contributed by atoms with E-state index in [1.54, 1.807) is 37.5 Å². The van der Waals surface area contributed by atoms with Gasteiger partial charge in [0.05, 0.1) is 17.9 Å². The van der Waals surface area contributed by atoms with Crippen LogP contribution in [0.5, 0.6) is 0 Å². The van der Waals surface area contributed by atoms with Gasteiger partial charge in [-0.05, 0) is 54.4 Å². The predicted octanol–water partition coefficient (Wildman–Crippen LogP) is 5.40. The number of pyridine rings is 1. The van der Waals surface area contributed by atoms with Gasteiger partial charge in [-0.3, -0.25) is 9.98 Å². The van der Waals surface area contributed by atoms with Crippen LogP contribution in [0.3, 0.4) is 0 Å². The monoisotopic (exact) mass is 426 g/mol. The Bertz CT molecular complexity index is 1160. The van der Waals surface area contributed by atoms with Gasteiger partial charge < -0.3 is 9.84 Å². The minimum atomic E-state index is -0.983. The zero-order chi connectivity index (χ0) is 22.4. The molecule has 0 radical (unpaired) electrons. The Morgan fingerprint density at radius 2 is 1.77 bits per heavy atom. The number of esters is 1. The molecule has 5 nitrogen and oxygen atoms in total. The van der Waals surface area contributed by atoms with E-state index >= 15 is 0 Å². The molecular formula is C23H17F3N2O3. The van der Waals surface area contributed by atoms with Gasteiger partial charge in [0.15, 0.2) is 5.82 Å². The van der Waals surface area contributed by atoms with Gasteiger partial charge in [-0.2, -0.15) is 0 Å². The van der Waals surface area contributed by atoms with Crippen LogP contribution < -0.4 is 0 Å². The SMILES string of the molecule is CCOC(=O)/C(C=Nc1ccc(F)cc1F)=C(/O)c1ccc(-c2ccncc2)cc1F. The van der Waals surface area contributed by atoms with Crippen molar-refractivity contribution in [3.05, 3.63) is 89.5 Å². The first-order valence-corrected chi connectivity index (χ1v) is 9.20. The normalized spacial score (nSPS) is 12.0. The summed E-state index contributed by atoms with van der Waals surface area (Å²) >= 11 is 0. The average molecular weight is 426 g/mol. The van der Waals surface area contributed by atoms with Gasteiger partial charge in [-0.1, -0.05) is 6.07 Å². The molecule has 1 N–H and O–H groups in total. The summed E-state index contributed by atoms with van der Waals surface area (Å²) < 4.78 is 46.5. The summed E-state index contributed by atoms with van der Waals surface area (Å²) in [5.41, 5.74) is 0.219. The maximum atomic E-state index is 14.8. The summed E-state index contributed by atoms with van der Waals surface area (Å²) in [6.45, 7) is 1.53. The van der Waals surface area contributed by atoms with Gasteiger partial charge in [-0.25, -0.2) is 18.0 Å². The lowest BCUT2D eigenvalue weighted by Gasteiger charge is -2.09. The molecule has 2 aromatic carbocycles. The first-order valence-electron chi connectivity index (χ1n) is 9.20. The van der Waals surface area contributed by atoms with Crippen LogP contribution in [0.25, 0.3) is 16.9 Å². The van der Waals surface area contributed by atoms with Crippen molar-refractivity contribution in [3.8, 4) is 11.1 Å². The minimum absolute atomic E-state index is 0.0160. The van der Waals surface area contributed by atoms with Crippen LogP contribution >= 0.6 is 0 Å². The Morgan fingerprint density at radius 3 is 2.42 bits per heavy atom. The van der Waals surface area contributed by atoms with E-state index in [0.717, 1.165) is 18.3 Å². The van der Waals surface area contributed by atoms with Crippen LogP contribution in [0.4, 0.5) is 18.9 Å². The van der Waals surface area contributed by atoms with Gasteiger partial charge in [-0.15, -0.1) is 0 Å². The summed E-state index contributed by atoms with van der Waals surface area (Å²) in [6.07, 6.45) is 3.96. The highest BCUT2D eigenvalue weighted by Gasteiger charge is 2.19. The second kappa shape index (κ2) is 9.71. The Kier molecular flexibility index (Phi) is 6.81. The number of rotatable bonds is 6. The van der Waals surface area contributed by atoms with E-state index < -0.39 is 34.8 Å². The van der Waals surface area contributed by atoms with Crippen LogP contribution in [0.15, 0.2) is 71.5 Å². The number of aromatic nitrogens is 1. The number of aliphatic imine (C=N–C) groups is 1. The van der Waals surface area contributed by atoms with E-state index in [1.807, 2.05) is 0 Å². The fourth-order valence-electron chi connectivity index (χ4n) is 2.72.